The zero-order valence-electron chi connectivity index (χ0n) is 18.0. The molecule has 1 atom stereocenters. The van der Waals surface area contributed by atoms with Gasteiger partial charge in [-0.05, 0) is 44.6 Å². The van der Waals surface area contributed by atoms with Gasteiger partial charge in [0, 0.05) is 41.6 Å². The molecule has 2 aliphatic rings. The number of para-hydroxylation sites is 1. The molecule has 0 aromatic heterocycles. The molecule has 7 heteroatoms. The van der Waals surface area contributed by atoms with Crippen molar-refractivity contribution < 1.29 is 19.2 Å². The first-order chi connectivity index (χ1) is 14.6. The van der Waals surface area contributed by atoms with E-state index in [0.29, 0.717) is 16.9 Å². The summed E-state index contributed by atoms with van der Waals surface area (Å²) < 4.78 is 12.0. The average molecular weight is 420 g/mol. The second kappa shape index (κ2) is 6.97. The zero-order chi connectivity index (χ0) is 22.6. The number of hydrogen-bond acceptors (Lipinski definition) is 6. The first-order valence-electron chi connectivity index (χ1n) is 9.94. The van der Waals surface area contributed by atoms with Gasteiger partial charge in [-0.15, -0.1) is 0 Å². The number of nitrogens with zero attached hydrogens (tertiary/aromatic N) is 2. The van der Waals surface area contributed by atoms with Crippen LogP contribution in [-0.2, 0) is 21.6 Å². The minimum Gasteiger partial charge on any atom is -0.462 e. The molecule has 2 aromatic carbocycles. The highest BCUT2D eigenvalue weighted by Crippen LogP contribution is 2.54. The van der Waals surface area contributed by atoms with Gasteiger partial charge in [0.2, 0.25) is 5.72 Å². The van der Waals surface area contributed by atoms with Gasteiger partial charge in [0.1, 0.15) is 12.4 Å². The van der Waals surface area contributed by atoms with E-state index in [9.17, 15) is 14.9 Å². The number of carbonyl (C=O) groups excluding carboxylic acids is 1. The second-order valence-electron chi connectivity index (χ2n) is 8.47. The lowest BCUT2D eigenvalue weighted by atomic mass is 9.76. The van der Waals surface area contributed by atoms with Crippen LogP contribution in [0.3, 0.4) is 0 Å². The third-order valence-electron chi connectivity index (χ3n) is 6.18. The first kappa shape index (κ1) is 20.7. The molecule has 4 rings (SSSR count). The molecule has 2 heterocycles. The Kier molecular flexibility index (Phi) is 4.65. The predicted molar refractivity (Wildman–Crippen MR) is 118 cm³/mol. The molecular formula is C24H24N2O5. The molecule has 31 heavy (non-hydrogen) atoms. The molecule has 0 saturated heterocycles. The lowest BCUT2D eigenvalue weighted by molar-refractivity contribution is -0.385. The molecule has 7 nitrogen and oxygen atoms in total. The fraction of sp³-hybridized carbons (Fsp3) is 0.292. The molecule has 0 fully saturated rings. The van der Waals surface area contributed by atoms with Gasteiger partial charge in [-0.3, -0.25) is 10.1 Å². The molecule has 0 amide bonds. The number of fused-ring (bicyclic) bond motifs is 2. The summed E-state index contributed by atoms with van der Waals surface area (Å²) in [6.45, 7) is 9.19. The number of esters is 1. The van der Waals surface area contributed by atoms with Gasteiger partial charge in [-0.1, -0.05) is 24.8 Å². The number of carbonyl (C=O) groups is 1. The van der Waals surface area contributed by atoms with Crippen LogP contribution in [0.5, 0.6) is 5.75 Å². The summed E-state index contributed by atoms with van der Waals surface area (Å²) in [5.74, 6) is -0.0950. The minimum atomic E-state index is -0.840. The topological polar surface area (TPSA) is 81.9 Å². The van der Waals surface area contributed by atoms with Crippen LogP contribution in [0.1, 0.15) is 37.5 Å². The number of rotatable bonds is 4. The van der Waals surface area contributed by atoms with Gasteiger partial charge in [0.15, 0.2) is 0 Å². The van der Waals surface area contributed by atoms with E-state index in [-0.39, 0.29) is 17.9 Å². The van der Waals surface area contributed by atoms with Gasteiger partial charge in [0.25, 0.3) is 5.69 Å². The Hall–Kier alpha value is -3.61. The van der Waals surface area contributed by atoms with E-state index in [4.69, 9.17) is 9.47 Å². The van der Waals surface area contributed by atoms with Crippen LogP contribution in [-0.4, -0.2) is 23.7 Å². The smallest absolute Gasteiger partial charge is 0.333 e. The lowest BCUT2D eigenvalue weighted by Gasteiger charge is -2.46. The third kappa shape index (κ3) is 3.00. The van der Waals surface area contributed by atoms with Crippen molar-refractivity contribution in [1.29, 1.82) is 0 Å². The van der Waals surface area contributed by atoms with E-state index >= 15 is 0 Å². The van der Waals surface area contributed by atoms with E-state index in [2.05, 4.69) is 31.4 Å². The predicted octanol–water partition coefficient (Wildman–Crippen LogP) is 4.74. The highest BCUT2D eigenvalue weighted by atomic mass is 16.6. The summed E-state index contributed by atoms with van der Waals surface area (Å²) in [7, 11) is 1.97. The highest BCUT2D eigenvalue weighted by molar-refractivity contribution is 5.87. The van der Waals surface area contributed by atoms with Crippen LogP contribution < -0.4 is 9.64 Å². The number of likely N-dealkylation sites (N-methyl/N-ethyl adjacent to an activating group) is 1. The molecule has 0 radical (unpaired) electrons. The third-order valence-corrected chi connectivity index (χ3v) is 6.18. The van der Waals surface area contributed by atoms with Crippen molar-refractivity contribution in [2.75, 3.05) is 11.9 Å². The van der Waals surface area contributed by atoms with Gasteiger partial charge >= 0.3 is 5.97 Å². The van der Waals surface area contributed by atoms with Crippen LogP contribution in [0.4, 0.5) is 11.4 Å². The van der Waals surface area contributed by atoms with E-state index in [0.717, 1.165) is 11.3 Å². The van der Waals surface area contributed by atoms with Crippen LogP contribution in [0.2, 0.25) is 0 Å². The molecule has 0 N–H and O–H groups in total. The summed E-state index contributed by atoms with van der Waals surface area (Å²) in [4.78, 5) is 25.0. The first-order valence-corrected chi connectivity index (χ1v) is 9.94. The van der Waals surface area contributed by atoms with E-state index in [1.165, 1.54) is 12.1 Å². The summed E-state index contributed by atoms with van der Waals surface area (Å²) in [5, 5.41) is 11.4. The van der Waals surface area contributed by atoms with Crippen molar-refractivity contribution in [3.63, 3.8) is 0 Å². The SMILES string of the molecule is C=C(C)C(=O)OCc1cc([N+](=O)[O-])cc2c1O[C@@]1(C=C2)N(C)c2ccccc2C1(C)C. The normalized spacial score (nSPS) is 20.1. The molecule has 0 bridgehead atoms. The number of anilines is 1. The Bertz CT molecular complexity index is 1150. The van der Waals surface area contributed by atoms with Crippen LogP contribution in [0.25, 0.3) is 6.08 Å². The molecule has 2 aromatic rings. The Morgan fingerprint density at radius 1 is 1.29 bits per heavy atom. The van der Waals surface area contributed by atoms with E-state index in [1.807, 2.05) is 37.4 Å². The van der Waals surface area contributed by atoms with Gasteiger partial charge in [-0.2, -0.15) is 0 Å². The lowest BCUT2D eigenvalue weighted by Crippen LogP contribution is -2.58. The highest BCUT2D eigenvalue weighted by Gasteiger charge is 2.57. The number of hydrogen-bond donors (Lipinski definition) is 0. The number of nitro groups is 1. The quantitative estimate of drug-likeness (QED) is 0.307. The van der Waals surface area contributed by atoms with Crippen molar-refractivity contribution in [3.05, 3.63) is 81.4 Å². The van der Waals surface area contributed by atoms with Crippen molar-refractivity contribution in [2.24, 2.45) is 0 Å². The van der Waals surface area contributed by atoms with Crippen LogP contribution >= 0.6 is 0 Å². The van der Waals surface area contributed by atoms with Crippen molar-refractivity contribution in [1.82, 2.24) is 0 Å². The van der Waals surface area contributed by atoms with E-state index in [1.54, 1.807) is 6.92 Å². The number of benzene rings is 2. The molecule has 1 spiro atoms. The maximum Gasteiger partial charge on any atom is 0.333 e. The maximum absolute atomic E-state index is 11.9. The maximum atomic E-state index is 11.9. The molecule has 160 valence electrons. The molecule has 0 aliphatic carbocycles. The van der Waals surface area contributed by atoms with Crippen molar-refractivity contribution in [2.45, 2.75) is 38.5 Å². The fourth-order valence-corrected chi connectivity index (χ4v) is 4.42. The monoisotopic (exact) mass is 420 g/mol. The van der Waals surface area contributed by atoms with Gasteiger partial charge < -0.3 is 14.4 Å². The van der Waals surface area contributed by atoms with Crippen molar-refractivity contribution in [3.8, 4) is 5.75 Å². The second-order valence-corrected chi connectivity index (χ2v) is 8.47. The average Bonchev–Trinajstić information content (AvgIpc) is 2.90. The summed E-state index contributed by atoms with van der Waals surface area (Å²) >= 11 is 0. The van der Waals surface area contributed by atoms with Crippen LogP contribution in [0, 0.1) is 10.1 Å². The minimum absolute atomic E-state index is 0.0911. The van der Waals surface area contributed by atoms with Gasteiger partial charge in [0.05, 0.1) is 10.3 Å². The Morgan fingerprint density at radius 3 is 2.65 bits per heavy atom. The zero-order valence-corrected chi connectivity index (χ0v) is 18.0. The summed E-state index contributed by atoms with van der Waals surface area (Å²) in [6.07, 6.45) is 3.79. The standard InChI is InChI=1S/C24H24N2O5/c1-15(2)22(27)30-14-17-13-18(26(28)29)12-16-10-11-24(31-21(16)17)23(3,4)19-8-6-7-9-20(19)25(24)5/h6-13H,1,14H2,2-5H3/t24-/m1/s1. The largest absolute Gasteiger partial charge is 0.462 e. The van der Waals surface area contributed by atoms with Gasteiger partial charge in [-0.25, -0.2) is 4.79 Å². The summed E-state index contributed by atoms with van der Waals surface area (Å²) in [6, 6.07) is 11.0. The Balaban J connectivity index is 1.81. The van der Waals surface area contributed by atoms with E-state index < -0.39 is 22.0 Å². The number of non-ortho nitro benzene ring substituents is 1. The molecule has 2 aliphatic heterocycles. The molecule has 0 unspecified atom stereocenters. The number of nitro benzene ring substituents is 1. The molecule has 0 saturated carbocycles. The summed E-state index contributed by atoms with van der Waals surface area (Å²) in [5.41, 5.74) is 2.10. The van der Waals surface area contributed by atoms with Crippen molar-refractivity contribution >= 4 is 23.4 Å². The Morgan fingerprint density at radius 2 is 2.00 bits per heavy atom. The number of ether oxygens (including phenoxy) is 2. The van der Waals surface area contributed by atoms with Crippen LogP contribution in [0.15, 0.2) is 54.6 Å². The fourth-order valence-electron chi connectivity index (χ4n) is 4.42. The Labute approximate surface area is 180 Å². The molecular weight excluding hydrogens is 396 g/mol.